The van der Waals surface area contributed by atoms with Crippen molar-refractivity contribution >= 4 is 29.5 Å². The van der Waals surface area contributed by atoms with Crippen molar-refractivity contribution in [2.75, 3.05) is 20.3 Å². The first-order valence-corrected chi connectivity index (χ1v) is 10.0. The Morgan fingerprint density at radius 2 is 2.00 bits per heavy atom. The molecule has 2 N–H and O–H groups in total. The summed E-state index contributed by atoms with van der Waals surface area (Å²) in [5.41, 5.74) is 3.28. The van der Waals surface area contributed by atoms with Crippen molar-refractivity contribution < 1.29 is 33.4 Å². The van der Waals surface area contributed by atoms with Gasteiger partial charge in [0.25, 0.3) is 0 Å². The number of imide groups is 1. The lowest BCUT2D eigenvalue weighted by molar-refractivity contribution is -0.158. The Morgan fingerprint density at radius 1 is 1.31 bits per heavy atom. The van der Waals surface area contributed by atoms with Crippen molar-refractivity contribution in [1.82, 2.24) is 14.9 Å². The fraction of sp³-hybridized carbons (Fsp3) is 0.524. The van der Waals surface area contributed by atoms with Gasteiger partial charge in [0.2, 0.25) is 5.91 Å². The first kappa shape index (κ1) is 24.8. The number of nitrogens with zero attached hydrogens (tertiary/aromatic N) is 3. The largest absolute Gasteiger partial charge is 0.468 e. The van der Waals surface area contributed by atoms with E-state index >= 15 is 0 Å². The molecular formula is C21H28N4O7. The zero-order chi connectivity index (χ0) is 24.1. The van der Waals surface area contributed by atoms with Crippen molar-refractivity contribution in [3.8, 4) is 0 Å². The van der Waals surface area contributed by atoms with Crippen molar-refractivity contribution in [1.29, 1.82) is 0 Å². The molecule has 0 spiro atoms. The van der Waals surface area contributed by atoms with Gasteiger partial charge in [0.05, 0.1) is 13.7 Å². The maximum atomic E-state index is 13.2. The van der Waals surface area contributed by atoms with Gasteiger partial charge in [-0.05, 0) is 40.2 Å². The molecule has 2 amide bonds. The summed E-state index contributed by atoms with van der Waals surface area (Å²) in [5, 5.41) is 0. The monoisotopic (exact) mass is 448 g/mol. The lowest BCUT2D eigenvalue weighted by Crippen LogP contribution is -2.46. The second-order valence-electron chi connectivity index (χ2n) is 8.11. The number of rotatable bonds is 6. The quantitative estimate of drug-likeness (QED) is 0.291. The van der Waals surface area contributed by atoms with E-state index in [1.165, 1.54) is 12.3 Å². The zero-order valence-electron chi connectivity index (χ0n) is 18.8. The van der Waals surface area contributed by atoms with E-state index < -0.39 is 35.0 Å². The summed E-state index contributed by atoms with van der Waals surface area (Å²) in [6.45, 7) is 6.79. The van der Waals surface area contributed by atoms with Crippen LogP contribution in [-0.4, -0.2) is 64.7 Å². The minimum atomic E-state index is -1.67. The van der Waals surface area contributed by atoms with Crippen LogP contribution < -0.4 is 5.73 Å². The van der Waals surface area contributed by atoms with Gasteiger partial charge in [0.15, 0.2) is 11.2 Å². The van der Waals surface area contributed by atoms with Crippen LogP contribution in [0.5, 0.6) is 0 Å². The second kappa shape index (κ2) is 9.75. The smallest absolute Gasteiger partial charge is 0.417 e. The number of carbonyl (C=O) groups is 4. The van der Waals surface area contributed by atoms with E-state index in [1.807, 2.05) is 0 Å². The van der Waals surface area contributed by atoms with Crippen LogP contribution in [0.2, 0.25) is 0 Å². The van der Waals surface area contributed by atoms with E-state index in [1.54, 1.807) is 27.7 Å². The summed E-state index contributed by atoms with van der Waals surface area (Å²) >= 11 is 0. The molecule has 1 aliphatic heterocycles. The third kappa shape index (κ3) is 5.21. The van der Waals surface area contributed by atoms with Gasteiger partial charge in [-0.15, -0.1) is 0 Å². The molecule has 1 saturated heterocycles. The van der Waals surface area contributed by atoms with Crippen LogP contribution in [-0.2, 0) is 35.0 Å². The number of amides is 2. The summed E-state index contributed by atoms with van der Waals surface area (Å²) in [4.78, 5) is 59.7. The van der Waals surface area contributed by atoms with E-state index in [0.29, 0.717) is 0 Å². The van der Waals surface area contributed by atoms with Crippen molar-refractivity contribution in [3.05, 3.63) is 30.0 Å². The third-order valence-electron chi connectivity index (χ3n) is 4.71. The molecule has 32 heavy (non-hydrogen) atoms. The Labute approximate surface area is 185 Å². The predicted molar refractivity (Wildman–Crippen MR) is 112 cm³/mol. The summed E-state index contributed by atoms with van der Waals surface area (Å²) in [6, 6.07) is 1.50. The molecule has 1 unspecified atom stereocenters. The average molecular weight is 448 g/mol. The van der Waals surface area contributed by atoms with E-state index in [2.05, 4.69) is 9.97 Å². The van der Waals surface area contributed by atoms with Crippen LogP contribution in [0.25, 0.3) is 5.57 Å². The lowest BCUT2D eigenvalue weighted by atomic mass is 9.81. The zero-order valence-corrected chi connectivity index (χ0v) is 18.8. The lowest BCUT2D eigenvalue weighted by Gasteiger charge is -2.26. The first-order valence-electron chi connectivity index (χ1n) is 10.0. The summed E-state index contributed by atoms with van der Waals surface area (Å²) in [6.07, 6.45) is 1.41. The Bertz CT molecular complexity index is 938. The molecule has 0 radical (unpaired) electrons. The van der Waals surface area contributed by atoms with E-state index in [9.17, 15) is 19.2 Å². The van der Waals surface area contributed by atoms with Gasteiger partial charge < -0.3 is 19.9 Å². The number of likely N-dealkylation sites (tertiary alicyclic amines) is 1. The maximum absolute atomic E-state index is 13.2. The van der Waals surface area contributed by atoms with Gasteiger partial charge in [-0.25, -0.2) is 24.5 Å². The third-order valence-corrected chi connectivity index (χ3v) is 4.71. The van der Waals surface area contributed by atoms with Crippen LogP contribution in [0.4, 0.5) is 4.79 Å². The Hall–Kier alpha value is -3.50. The summed E-state index contributed by atoms with van der Waals surface area (Å²) in [7, 11) is 1.16. The standard InChI is InChI=1S/C21H28N4O7/c1-6-31-16(26)14(12-22)15-23-9-7-13(24-15)11-21(18(28)30-5)8-10-25(17(21)27)19(29)32-20(2,3)4/h7,9,12H,6,8,10-11,22H2,1-5H3. The highest BCUT2D eigenvalue weighted by molar-refractivity contribution is 6.15. The molecule has 11 nitrogen and oxygen atoms in total. The van der Waals surface area contributed by atoms with Crippen molar-refractivity contribution in [2.45, 2.75) is 46.1 Å². The molecule has 11 heteroatoms. The summed E-state index contributed by atoms with van der Waals surface area (Å²) < 4.78 is 15.1. The van der Waals surface area contributed by atoms with Gasteiger partial charge in [-0.2, -0.15) is 0 Å². The second-order valence-corrected chi connectivity index (χ2v) is 8.11. The Morgan fingerprint density at radius 3 is 2.56 bits per heavy atom. The van der Waals surface area contributed by atoms with Crippen LogP contribution in [0.15, 0.2) is 18.5 Å². The van der Waals surface area contributed by atoms with E-state index in [-0.39, 0.29) is 43.1 Å². The predicted octanol–water partition coefficient (Wildman–Crippen LogP) is 1.21. The highest BCUT2D eigenvalue weighted by atomic mass is 16.6. The highest BCUT2D eigenvalue weighted by Gasteiger charge is 2.56. The SMILES string of the molecule is CCOC(=O)C(=CN)c1nccc(CC2(C(=O)OC)CCN(C(=O)OC(C)(C)C)C2=O)n1. The van der Waals surface area contributed by atoms with Crippen LogP contribution in [0.1, 0.15) is 45.6 Å². The number of nitrogens with two attached hydrogens (primary N) is 1. The first-order chi connectivity index (χ1) is 15.0. The molecule has 1 fully saturated rings. The van der Waals surface area contributed by atoms with Gasteiger partial charge in [0, 0.05) is 31.1 Å². The Balaban J connectivity index is 2.37. The highest BCUT2D eigenvalue weighted by Crippen LogP contribution is 2.37. The van der Waals surface area contributed by atoms with Crippen molar-refractivity contribution in [2.24, 2.45) is 11.1 Å². The molecule has 1 aromatic heterocycles. The molecule has 0 aliphatic carbocycles. The number of esters is 2. The van der Waals surface area contributed by atoms with Gasteiger partial charge in [0.1, 0.15) is 11.2 Å². The van der Waals surface area contributed by atoms with Crippen LogP contribution >= 0.6 is 0 Å². The molecule has 1 atom stereocenters. The minimum absolute atomic E-state index is 0.0158. The molecule has 0 bridgehead atoms. The van der Waals surface area contributed by atoms with E-state index in [0.717, 1.165) is 18.2 Å². The number of hydrogen-bond donors (Lipinski definition) is 1. The number of methoxy groups -OCH3 is 1. The number of aromatic nitrogens is 2. The molecule has 1 aromatic rings. The van der Waals surface area contributed by atoms with Gasteiger partial charge in [-0.3, -0.25) is 9.59 Å². The number of ether oxygens (including phenoxy) is 3. The normalized spacial score (nSPS) is 19.0. The topological polar surface area (TPSA) is 151 Å². The van der Waals surface area contributed by atoms with Gasteiger partial charge in [-0.1, -0.05) is 0 Å². The van der Waals surface area contributed by atoms with Crippen LogP contribution in [0, 0.1) is 5.41 Å². The molecule has 2 rings (SSSR count). The maximum Gasteiger partial charge on any atom is 0.417 e. The minimum Gasteiger partial charge on any atom is -0.468 e. The van der Waals surface area contributed by atoms with Crippen LogP contribution in [0.3, 0.4) is 0 Å². The molecule has 1 aliphatic rings. The average Bonchev–Trinajstić information content (AvgIpc) is 3.04. The molecule has 2 heterocycles. The Kier molecular flexibility index (Phi) is 7.55. The molecule has 0 aromatic carbocycles. The fourth-order valence-electron chi connectivity index (χ4n) is 3.26. The number of hydrogen-bond acceptors (Lipinski definition) is 10. The summed E-state index contributed by atoms with van der Waals surface area (Å²) in [5.74, 6) is -2.26. The van der Waals surface area contributed by atoms with Crippen molar-refractivity contribution in [3.63, 3.8) is 0 Å². The fourth-order valence-corrected chi connectivity index (χ4v) is 3.26. The molecule has 0 saturated carbocycles. The van der Waals surface area contributed by atoms with E-state index in [4.69, 9.17) is 19.9 Å². The van der Waals surface area contributed by atoms with Gasteiger partial charge >= 0.3 is 18.0 Å². The number of carbonyl (C=O) groups excluding carboxylic acids is 4. The molecule has 174 valence electrons. The molecular weight excluding hydrogens is 420 g/mol.